The Morgan fingerprint density at radius 3 is 2.50 bits per heavy atom. The Morgan fingerprint density at radius 1 is 1.09 bits per heavy atom. The lowest BCUT2D eigenvalue weighted by molar-refractivity contribution is -0.383. The second-order valence-corrected chi connectivity index (χ2v) is 5.49. The first kappa shape index (κ1) is 14.4. The Kier molecular flexibility index (Phi) is 4.23. The van der Waals surface area contributed by atoms with Crippen LogP contribution in [0.2, 0.25) is 0 Å². The van der Waals surface area contributed by atoms with Gasteiger partial charge in [0.15, 0.2) is 0 Å². The zero-order valence-electron chi connectivity index (χ0n) is 12.4. The fraction of sp³-hybridized carbons (Fsp3) is 0.294. The molecule has 0 spiro atoms. The first-order valence-corrected chi connectivity index (χ1v) is 7.55. The number of rotatable bonds is 5. The van der Waals surface area contributed by atoms with Gasteiger partial charge < -0.3 is 10.2 Å². The molecule has 22 heavy (non-hydrogen) atoms. The number of nitrogens with one attached hydrogen (secondary N) is 1. The zero-order valence-corrected chi connectivity index (χ0v) is 12.4. The van der Waals surface area contributed by atoms with E-state index in [-0.39, 0.29) is 10.6 Å². The Morgan fingerprint density at radius 2 is 1.82 bits per heavy atom. The van der Waals surface area contributed by atoms with Crippen LogP contribution in [0, 0.1) is 10.1 Å². The van der Waals surface area contributed by atoms with Crippen molar-refractivity contribution in [3.63, 3.8) is 0 Å². The van der Waals surface area contributed by atoms with E-state index < -0.39 is 0 Å². The van der Waals surface area contributed by atoms with Gasteiger partial charge >= 0.3 is 0 Å². The number of anilines is 2. The molecule has 0 saturated carbocycles. The lowest BCUT2D eigenvalue weighted by Crippen LogP contribution is -2.17. The molecule has 1 heterocycles. The summed E-state index contributed by atoms with van der Waals surface area (Å²) < 4.78 is 0. The fourth-order valence-electron chi connectivity index (χ4n) is 2.79. The minimum atomic E-state index is -0.313. The summed E-state index contributed by atoms with van der Waals surface area (Å²) in [7, 11) is 0. The van der Waals surface area contributed by atoms with Crippen molar-refractivity contribution < 1.29 is 4.92 Å². The van der Waals surface area contributed by atoms with Gasteiger partial charge in [0.25, 0.3) is 5.69 Å². The van der Waals surface area contributed by atoms with E-state index in [9.17, 15) is 10.1 Å². The number of nitrogens with zero attached hydrogens (tertiary/aromatic N) is 2. The smallest absolute Gasteiger partial charge is 0.294 e. The van der Waals surface area contributed by atoms with Gasteiger partial charge in [-0.3, -0.25) is 10.1 Å². The number of nitro benzene ring substituents is 1. The predicted molar refractivity (Wildman–Crippen MR) is 88.3 cm³/mol. The van der Waals surface area contributed by atoms with E-state index in [0.29, 0.717) is 12.2 Å². The summed E-state index contributed by atoms with van der Waals surface area (Å²) in [6, 6.07) is 15.3. The maximum Gasteiger partial charge on any atom is 0.294 e. The molecule has 5 heteroatoms. The summed E-state index contributed by atoms with van der Waals surface area (Å²) in [5, 5.41) is 14.5. The summed E-state index contributed by atoms with van der Waals surface area (Å²) in [5.74, 6) is 0. The van der Waals surface area contributed by atoms with Gasteiger partial charge in [0.05, 0.1) is 4.92 Å². The highest BCUT2D eigenvalue weighted by molar-refractivity contribution is 5.68. The van der Waals surface area contributed by atoms with E-state index in [1.54, 1.807) is 6.07 Å². The molecule has 0 radical (unpaired) electrons. The molecule has 1 fully saturated rings. The quantitative estimate of drug-likeness (QED) is 0.673. The minimum absolute atomic E-state index is 0.139. The minimum Gasteiger partial charge on any atom is -0.375 e. The van der Waals surface area contributed by atoms with Crippen molar-refractivity contribution >= 4 is 17.1 Å². The second-order valence-electron chi connectivity index (χ2n) is 5.49. The third-order valence-electron chi connectivity index (χ3n) is 3.98. The first-order chi connectivity index (χ1) is 10.7. The van der Waals surface area contributed by atoms with Crippen molar-refractivity contribution in [2.45, 2.75) is 19.4 Å². The topological polar surface area (TPSA) is 58.4 Å². The Labute approximate surface area is 129 Å². The van der Waals surface area contributed by atoms with Crippen LogP contribution in [0.1, 0.15) is 18.4 Å². The summed E-state index contributed by atoms with van der Waals surface area (Å²) >= 11 is 0. The predicted octanol–water partition coefficient (Wildman–Crippen LogP) is 3.81. The maximum absolute atomic E-state index is 11.3. The van der Waals surface area contributed by atoms with E-state index >= 15 is 0 Å². The molecular weight excluding hydrogens is 278 g/mol. The average molecular weight is 297 g/mol. The van der Waals surface area contributed by atoms with Crippen LogP contribution in [0.25, 0.3) is 0 Å². The molecular formula is C17H19N3O2. The summed E-state index contributed by atoms with van der Waals surface area (Å²) in [6.45, 7) is 2.53. The molecule has 1 aliphatic rings. The van der Waals surface area contributed by atoms with Crippen LogP contribution in [0.15, 0.2) is 48.5 Å². The van der Waals surface area contributed by atoms with Gasteiger partial charge in [-0.15, -0.1) is 0 Å². The lowest BCUT2D eigenvalue weighted by atomic mass is 10.2. The van der Waals surface area contributed by atoms with Gasteiger partial charge in [-0.25, -0.2) is 0 Å². The van der Waals surface area contributed by atoms with Crippen molar-refractivity contribution in [2.75, 3.05) is 23.3 Å². The van der Waals surface area contributed by atoms with Crippen LogP contribution in [-0.2, 0) is 6.54 Å². The molecule has 1 N–H and O–H groups in total. The number of hydrogen-bond acceptors (Lipinski definition) is 4. The zero-order chi connectivity index (χ0) is 15.4. The van der Waals surface area contributed by atoms with E-state index in [1.165, 1.54) is 0 Å². The highest BCUT2D eigenvalue weighted by Crippen LogP contribution is 2.31. The van der Waals surface area contributed by atoms with E-state index in [4.69, 9.17) is 0 Å². The largest absolute Gasteiger partial charge is 0.375 e. The normalized spacial score (nSPS) is 14.1. The molecule has 1 aliphatic heterocycles. The summed E-state index contributed by atoms with van der Waals surface area (Å²) in [5.41, 5.74) is 2.74. The molecule has 1 saturated heterocycles. The Hall–Kier alpha value is -2.56. The molecule has 2 aromatic carbocycles. The van der Waals surface area contributed by atoms with Gasteiger partial charge in [-0.1, -0.05) is 30.3 Å². The Bertz CT molecular complexity index is 652. The monoisotopic (exact) mass is 297 g/mol. The highest BCUT2D eigenvalue weighted by Gasteiger charge is 2.19. The standard InChI is InChI=1S/C17H19N3O2/c21-20(22)17-12-15(19-10-4-5-11-19)8-9-16(17)18-13-14-6-2-1-3-7-14/h1-3,6-9,12,18H,4-5,10-11,13H2. The molecule has 0 aromatic heterocycles. The molecule has 0 bridgehead atoms. The molecule has 0 unspecified atom stereocenters. The van der Waals surface area contributed by atoms with Crippen LogP contribution in [0.5, 0.6) is 0 Å². The number of hydrogen-bond donors (Lipinski definition) is 1. The van der Waals surface area contributed by atoms with Crippen LogP contribution < -0.4 is 10.2 Å². The van der Waals surface area contributed by atoms with Crippen LogP contribution in [-0.4, -0.2) is 18.0 Å². The lowest BCUT2D eigenvalue weighted by Gasteiger charge is -2.18. The third-order valence-corrected chi connectivity index (χ3v) is 3.98. The maximum atomic E-state index is 11.3. The van der Waals surface area contributed by atoms with Crippen molar-refractivity contribution in [3.05, 3.63) is 64.2 Å². The first-order valence-electron chi connectivity index (χ1n) is 7.55. The molecule has 2 aromatic rings. The van der Waals surface area contributed by atoms with Crippen LogP contribution in [0.3, 0.4) is 0 Å². The van der Waals surface area contributed by atoms with Gasteiger partial charge in [-0.05, 0) is 30.5 Å². The van der Waals surface area contributed by atoms with Crippen molar-refractivity contribution in [3.8, 4) is 0 Å². The van der Waals surface area contributed by atoms with E-state index in [2.05, 4.69) is 10.2 Å². The molecule has 5 nitrogen and oxygen atoms in total. The van der Waals surface area contributed by atoms with Crippen molar-refractivity contribution in [1.82, 2.24) is 0 Å². The highest BCUT2D eigenvalue weighted by atomic mass is 16.6. The van der Waals surface area contributed by atoms with Gasteiger partial charge in [0.1, 0.15) is 5.69 Å². The molecule has 0 amide bonds. The van der Waals surface area contributed by atoms with Crippen LogP contribution >= 0.6 is 0 Å². The molecule has 3 rings (SSSR count). The van der Waals surface area contributed by atoms with Crippen molar-refractivity contribution in [1.29, 1.82) is 0 Å². The summed E-state index contributed by atoms with van der Waals surface area (Å²) in [4.78, 5) is 13.2. The SMILES string of the molecule is O=[N+]([O-])c1cc(N2CCCC2)ccc1NCc1ccccc1. The third kappa shape index (κ3) is 3.19. The summed E-state index contributed by atoms with van der Waals surface area (Å²) in [6.07, 6.45) is 2.31. The van der Waals surface area contributed by atoms with Gasteiger partial charge in [0.2, 0.25) is 0 Å². The second kappa shape index (κ2) is 6.47. The fourth-order valence-corrected chi connectivity index (χ4v) is 2.79. The van der Waals surface area contributed by atoms with Gasteiger partial charge in [0, 0.05) is 31.4 Å². The molecule has 0 atom stereocenters. The van der Waals surface area contributed by atoms with Crippen LogP contribution in [0.4, 0.5) is 17.1 Å². The molecule has 0 aliphatic carbocycles. The van der Waals surface area contributed by atoms with Crippen molar-refractivity contribution in [2.24, 2.45) is 0 Å². The molecule has 114 valence electrons. The number of benzene rings is 2. The van der Waals surface area contributed by atoms with Gasteiger partial charge in [-0.2, -0.15) is 0 Å². The average Bonchev–Trinajstić information content (AvgIpc) is 3.08. The van der Waals surface area contributed by atoms with E-state index in [0.717, 1.165) is 37.2 Å². The number of nitro groups is 1. The van der Waals surface area contributed by atoms with E-state index in [1.807, 2.05) is 42.5 Å². The Balaban J connectivity index is 1.79.